The summed E-state index contributed by atoms with van der Waals surface area (Å²) in [6.45, 7) is 4.10. The van der Waals surface area contributed by atoms with E-state index < -0.39 is 0 Å². The van der Waals surface area contributed by atoms with Crippen molar-refractivity contribution in [1.82, 2.24) is 5.43 Å². The van der Waals surface area contributed by atoms with E-state index in [1.165, 1.54) is 32.1 Å². The zero-order chi connectivity index (χ0) is 16.9. The standard InChI is InChI=1S/C19H30N2O2/c1-4-5-6-7-8-9-10-14-19(22)21-20-16(2)17-12-11-13-18(15-17)23-3/h11-13,15H,4-10,14H2,1-3H3,(H,21,22). The van der Waals surface area contributed by atoms with Crippen molar-refractivity contribution in [3.05, 3.63) is 29.8 Å². The third-order valence-electron chi connectivity index (χ3n) is 3.84. The average molecular weight is 318 g/mol. The largest absolute Gasteiger partial charge is 0.497 e. The van der Waals surface area contributed by atoms with Crippen LogP contribution in [0.15, 0.2) is 29.4 Å². The molecule has 0 spiro atoms. The molecule has 0 atom stereocenters. The van der Waals surface area contributed by atoms with Crippen molar-refractivity contribution in [2.24, 2.45) is 5.10 Å². The van der Waals surface area contributed by atoms with Crippen molar-refractivity contribution < 1.29 is 9.53 Å². The predicted octanol–water partition coefficient (Wildman–Crippen LogP) is 4.68. The van der Waals surface area contributed by atoms with Crippen molar-refractivity contribution in [1.29, 1.82) is 0 Å². The fourth-order valence-corrected chi connectivity index (χ4v) is 2.36. The molecule has 1 N–H and O–H groups in total. The molecule has 128 valence electrons. The van der Waals surface area contributed by atoms with Crippen LogP contribution in [0.2, 0.25) is 0 Å². The molecule has 1 amide bonds. The summed E-state index contributed by atoms with van der Waals surface area (Å²) < 4.78 is 5.19. The predicted molar refractivity (Wildman–Crippen MR) is 96.0 cm³/mol. The summed E-state index contributed by atoms with van der Waals surface area (Å²) in [7, 11) is 1.63. The Morgan fingerprint density at radius 2 is 1.83 bits per heavy atom. The maximum Gasteiger partial charge on any atom is 0.240 e. The first-order valence-corrected chi connectivity index (χ1v) is 8.65. The summed E-state index contributed by atoms with van der Waals surface area (Å²) in [6.07, 6.45) is 9.00. The molecule has 0 heterocycles. The lowest BCUT2D eigenvalue weighted by molar-refractivity contribution is -0.121. The van der Waals surface area contributed by atoms with Gasteiger partial charge in [0.05, 0.1) is 12.8 Å². The van der Waals surface area contributed by atoms with Gasteiger partial charge >= 0.3 is 0 Å². The first kappa shape index (κ1) is 19.2. The Kier molecular flexibility index (Phi) is 9.76. The number of unbranched alkanes of at least 4 members (excludes halogenated alkanes) is 6. The Morgan fingerprint density at radius 3 is 2.52 bits per heavy atom. The molecule has 4 heteroatoms. The van der Waals surface area contributed by atoms with Crippen LogP contribution in [0.5, 0.6) is 5.75 Å². The van der Waals surface area contributed by atoms with Crippen molar-refractivity contribution in [3.8, 4) is 5.75 Å². The zero-order valence-electron chi connectivity index (χ0n) is 14.7. The van der Waals surface area contributed by atoms with E-state index in [0.29, 0.717) is 6.42 Å². The highest BCUT2D eigenvalue weighted by molar-refractivity contribution is 5.99. The number of benzene rings is 1. The first-order valence-electron chi connectivity index (χ1n) is 8.65. The molecule has 0 saturated heterocycles. The van der Waals surface area contributed by atoms with E-state index in [9.17, 15) is 4.79 Å². The third-order valence-corrected chi connectivity index (χ3v) is 3.84. The van der Waals surface area contributed by atoms with Gasteiger partial charge in [-0.05, 0) is 25.5 Å². The number of nitrogens with one attached hydrogen (secondary N) is 1. The molecule has 1 rings (SSSR count). The summed E-state index contributed by atoms with van der Waals surface area (Å²) in [6, 6.07) is 7.65. The number of methoxy groups -OCH3 is 1. The molecule has 0 fully saturated rings. The van der Waals surface area contributed by atoms with Crippen LogP contribution in [0.4, 0.5) is 0 Å². The fraction of sp³-hybridized carbons (Fsp3) is 0.579. The third kappa shape index (κ3) is 8.38. The van der Waals surface area contributed by atoms with E-state index >= 15 is 0 Å². The Bertz CT molecular complexity index is 498. The van der Waals surface area contributed by atoms with E-state index in [-0.39, 0.29) is 5.91 Å². The Hall–Kier alpha value is -1.84. The van der Waals surface area contributed by atoms with E-state index in [0.717, 1.165) is 29.9 Å². The molecule has 0 radical (unpaired) electrons. The van der Waals surface area contributed by atoms with Gasteiger partial charge in [-0.2, -0.15) is 5.10 Å². The zero-order valence-corrected chi connectivity index (χ0v) is 14.7. The SMILES string of the molecule is CCCCCCCCCC(=O)NN=C(C)c1cccc(OC)c1. The van der Waals surface area contributed by atoms with E-state index in [4.69, 9.17) is 4.74 Å². The number of amides is 1. The van der Waals surface area contributed by atoms with Gasteiger partial charge in [0.15, 0.2) is 0 Å². The summed E-state index contributed by atoms with van der Waals surface area (Å²) in [5.41, 5.74) is 4.36. The van der Waals surface area contributed by atoms with Crippen LogP contribution >= 0.6 is 0 Å². The van der Waals surface area contributed by atoms with Gasteiger partial charge in [-0.3, -0.25) is 4.79 Å². The van der Waals surface area contributed by atoms with Crippen LogP contribution in [0.3, 0.4) is 0 Å². The molecule has 0 aliphatic heterocycles. The van der Waals surface area contributed by atoms with Gasteiger partial charge in [-0.25, -0.2) is 5.43 Å². The molecule has 0 saturated carbocycles. The molecule has 0 unspecified atom stereocenters. The smallest absolute Gasteiger partial charge is 0.240 e. The minimum absolute atomic E-state index is 0.0131. The molecular formula is C19H30N2O2. The number of carbonyl (C=O) groups is 1. The van der Waals surface area contributed by atoms with Crippen molar-refractivity contribution in [2.45, 2.75) is 65.2 Å². The number of hydrazone groups is 1. The number of carbonyl (C=O) groups excluding carboxylic acids is 1. The van der Waals surface area contributed by atoms with Crippen LogP contribution < -0.4 is 10.2 Å². The Balaban J connectivity index is 2.25. The lowest BCUT2D eigenvalue weighted by Gasteiger charge is -2.05. The molecule has 0 aliphatic rings. The fourth-order valence-electron chi connectivity index (χ4n) is 2.36. The summed E-state index contributed by atoms with van der Waals surface area (Å²) in [5, 5.41) is 4.17. The highest BCUT2D eigenvalue weighted by atomic mass is 16.5. The summed E-state index contributed by atoms with van der Waals surface area (Å²) in [4.78, 5) is 11.8. The van der Waals surface area contributed by atoms with Crippen LogP contribution in [0.25, 0.3) is 0 Å². The number of hydrogen-bond donors (Lipinski definition) is 1. The molecule has 1 aromatic rings. The molecule has 0 aliphatic carbocycles. The van der Waals surface area contributed by atoms with E-state index in [2.05, 4.69) is 17.5 Å². The monoisotopic (exact) mass is 318 g/mol. The first-order chi connectivity index (χ1) is 11.2. The second-order valence-electron chi connectivity index (χ2n) is 5.84. The lowest BCUT2D eigenvalue weighted by atomic mass is 10.1. The quantitative estimate of drug-likeness (QED) is 0.366. The number of ether oxygens (including phenoxy) is 1. The van der Waals surface area contributed by atoms with Crippen molar-refractivity contribution in [3.63, 3.8) is 0 Å². The van der Waals surface area contributed by atoms with Gasteiger partial charge in [-0.15, -0.1) is 0 Å². The van der Waals surface area contributed by atoms with Gasteiger partial charge in [0.1, 0.15) is 5.75 Å². The van der Waals surface area contributed by atoms with Crippen LogP contribution in [0, 0.1) is 0 Å². The van der Waals surface area contributed by atoms with Crippen molar-refractivity contribution in [2.75, 3.05) is 7.11 Å². The summed E-state index contributed by atoms with van der Waals surface area (Å²) >= 11 is 0. The maximum absolute atomic E-state index is 11.8. The Labute approximate surface area is 140 Å². The number of rotatable bonds is 11. The van der Waals surface area contributed by atoms with Crippen LogP contribution in [-0.2, 0) is 4.79 Å². The second-order valence-corrected chi connectivity index (χ2v) is 5.84. The Morgan fingerprint density at radius 1 is 1.13 bits per heavy atom. The molecule has 4 nitrogen and oxygen atoms in total. The van der Waals surface area contributed by atoms with Gasteiger partial charge in [0, 0.05) is 12.0 Å². The lowest BCUT2D eigenvalue weighted by Crippen LogP contribution is -2.18. The molecule has 0 aromatic heterocycles. The van der Waals surface area contributed by atoms with Gasteiger partial charge in [-0.1, -0.05) is 57.6 Å². The highest BCUT2D eigenvalue weighted by Crippen LogP contribution is 2.13. The van der Waals surface area contributed by atoms with Gasteiger partial charge in [0.25, 0.3) is 0 Å². The van der Waals surface area contributed by atoms with E-state index in [1.807, 2.05) is 31.2 Å². The number of nitrogens with zero attached hydrogens (tertiary/aromatic N) is 1. The van der Waals surface area contributed by atoms with Crippen LogP contribution in [0.1, 0.15) is 70.8 Å². The van der Waals surface area contributed by atoms with Gasteiger partial charge in [0.2, 0.25) is 5.91 Å². The summed E-state index contributed by atoms with van der Waals surface area (Å²) in [5.74, 6) is 0.771. The molecule has 23 heavy (non-hydrogen) atoms. The van der Waals surface area contributed by atoms with Gasteiger partial charge < -0.3 is 4.74 Å². The normalized spacial score (nSPS) is 11.3. The average Bonchev–Trinajstić information content (AvgIpc) is 2.58. The highest BCUT2D eigenvalue weighted by Gasteiger charge is 2.02. The van der Waals surface area contributed by atoms with E-state index in [1.54, 1.807) is 7.11 Å². The second kappa shape index (κ2) is 11.7. The minimum Gasteiger partial charge on any atom is -0.497 e. The molecule has 0 bridgehead atoms. The number of hydrogen-bond acceptors (Lipinski definition) is 3. The minimum atomic E-state index is -0.0131. The maximum atomic E-state index is 11.8. The van der Waals surface area contributed by atoms with Crippen molar-refractivity contribution >= 4 is 11.6 Å². The molecule has 1 aromatic carbocycles. The molecular weight excluding hydrogens is 288 g/mol. The topological polar surface area (TPSA) is 50.7 Å². The van der Waals surface area contributed by atoms with Crippen LogP contribution in [-0.4, -0.2) is 18.7 Å².